The van der Waals surface area contributed by atoms with Crippen molar-refractivity contribution in [3.05, 3.63) is 84.9 Å². The summed E-state index contributed by atoms with van der Waals surface area (Å²) in [6.07, 6.45) is 0. The third-order valence-corrected chi connectivity index (χ3v) is 5.15. The van der Waals surface area contributed by atoms with Gasteiger partial charge in [0.25, 0.3) is 0 Å². The standard InChI is InChI=1S/C24H20N4/c1-27-20-16-10-9-15-19(20)25-24(27)21-22(17-11-5-3-6-12-17)26-28(2)23(21)18-13-7-4-8-14-18/h3-16H,1-2H3. The summed E-state index contributed by atoms with van der Waals surface area (Å²) in [5.41, 5.74) is 7.38. The minimum absolute atomic E-state index is 0.923. The third-order valence-electron chi connectivity index (χ3n) is 5.15. The Morgan fingerprint density at radius 3 is 1.96 bits per heavy atom. The average Bonchev–Trinajstić information content (AvgIpc) is 3.26. The van der Waals surface area contributed by atoms with Crippen molar-refractivity contribution in [3.63, 3.8) is 0 Å². The molecule has 4 heteroatoms. The van der Waals surface area contributed by atoms with E-state index in [1.54, 1.807) is 0 Å². The van der Waals surface area contributed by atoms with Crippen molar-refractivity contribution < 1.29 is 0 Å². The van der Waals surface area contributed by atoms with Crippen LogP contribution in [-0.4, -0.2) is 19.3 Å². The van der Waals surface area contributed by atoms with Gasteiger partial charge >= 0.3 is 0 Å². The zero-order valence-corrected chi connectivity index (χ0v) is 15.9. The highest BCUT2D eigenvalue weighted by Crippen LogP contribution is 2.39. The fraction of sp³-hybridized carbons (Fsp3) is 0.0833. The van der Waals surface area contributed by atoms with E-state index in [1.807, 2.05) is 48.1 Å². The van der Waals surface area contributed by atoms with E-state index in [-0.39, 0.29) is 0 Å². The zero-order valence-electron chi connectivity index (χ0n) is 15.9. The van der Waals surface area contributed by atoms with E-state index in [1.165, 1.54) is 0 Å². The van der Waals surface area contributed by atoms with E-state index in [4.69, 9.17) is 10.1 Å². The van der Waals surface area contributed by atoms with Crippen LogP contribution < -0.4 is 0 Å². The molecular formula is C24H20N4. The Bertz CT molecular complexity index is 1260. The SMILES string of the molecule is Cn1nc(-c2ccccc2)c(-c2nc3ccccc3n2C)c1-c1ccccc1. The molecule has 0 N–H and O–H groups in total. The highest BCUT2D eigenvalue weighted by atomic mass is 15.3. The van der Waals surface area contributed by atoms with Gasteiger partial charge in [0.05, 0.1) is 22.3 Å². The number of imidazole rings is 1. The normalized spacial score (nSPS) is 11.2. The van der Waals surface area contributed by atoms with Crippen LogP contribution in [0.2, 0.25) is 0 Å². The molecule has 136 valence electrons. The van der Waals surface area contributed by atoms with Crippen molar-refractivity contribution in [1.82, 2.24) is 19.3 Å². The lowest BCUT2D eigenvalue weighted by molar-refractivity contribution is 0.779. The van der Waals surface area contributed by atoms with E-state index in [9.17, 15) is 0 Å². The first-order chi connectivity index (χ1) is 13.7. The Kier molecular flexibility index (Phi) is 3.83. The topological polar surface area (TPSA) is 35.6 Å². The molecular weight excluding hydrogens is 344 g/mol. The fourth-order valence-corrected chi connectivity index (χ4v) is 3.83. The van der Waals surface area contributed by atoms with Crippen LogP contribution in [0.1, 0.15) is 0 Å². The molecule has 28 heavy (non-hydrogen) atoms. The van der Waals surface area contributed by atoms with Crippen molar-refractivity contribution in [1.29, 1.82) is 0 Å². The first-order valence-corrected chi connectivity index (χ1v) is 9.33. The molecule has 0 aliphatic heterocycles. The number of aromatic nitrogens is 4. The minimum atomic E-state index is 0.923. The first kappa shape index (κ1) is 16.5. The summed E-state index contributed by atoms with van der Waals surface area (Å²) in [5, 5.41) is 4.91. The van der Waals surface area contributed by atoms with Crippen molar-refractivity contribution in [3.8, 4) is 33.9 Å². The van der Waals surface area contributed by atoms with Crippen LogP contribution >= 0.6 is 0 Å². The number of fused-ring (bicyclic) bond motifs is 1. The minimum Gasteiger partial charge on any atom is -0.327 e. The van der Waals surface area contributed by atoms with Gasteiger partial charge in [0, 0.05) is 25.2 Å². The first-order valence-electron chi connectivity index (χ1n) is 9.33. The quantitative estimate of drug-likeness (QED) is 0.435. The average molecular weight is 364 g/mol. The Balaban J connectivity index is 1.87. The van der Waals surface area contributed by atoms with Gasteiger partial charge in [-0.05, 0) is 12.1 Å². The summed E-state index contributed by atoms with van der Waals surface area (Å²) >= 11 is 0. The van der Waals surface area contributed by atoms with Gasteiger partial charge in [0.2, 0.25) is 0 Å². The van der Waals surface area contributed by atoms with Crippen LogP contribution in [0.25, 0.3) is 44.9 Å². The molecule has 2 heterocycles. The van der Waals surface area contributed by atoms with Gasteiger partial charge in [-0.15, -0.1) is 0 Å². The van der Waals surface area contributed by atoms with E-state index in [0.717, 1.165) is 44.9 Å². The molecule has 4 nitrogen and oxygen atoms in total. The second-order valence-electron chi connectivity index (χ2n) is 6.91. The van der Waals surface area contributed by atoms with Crippen LogP contribution in [0.3, 0.4) is 0 Å². The van der Waals surface area contributed by atoms with Crippen molar-refractivity contribution >= 4 is 11.0 Å². The van der Waals surface area contributed by atoms with E-state index in [0.29, 0.717) is 0 Å². The molecule has 0 aliphatic carbocycles. The molecule has 0 bridgehead atoms. The van der Waals surface area contributed by atoms with Gasteiger partial charge in [0.15, 0.2) is 0 Å². The van der Waals surface area contributed by atoms with Crippen LogP contribution in [0.15, 0.2) is 84.9 Å². The molecule has 0 atom stereocenters. The van der Waals surface area contributed by atoms with E-state index in [2.05, 4.69) is 60.1 Å². The summed E-state index contributed by atoms with van der Waals surface area (Å²) in [4.78, 5) is 4.98. The molecule has 0 unspecified atom stereocenters. The van der Waals surface area contributed by atoms with E-state index >= 15 is 0 Å². The fourth-order valence-electron chi connectivity index (χ4n) is 3.83. The maximum atomic E-state index is 4.98. The summed E-state index contributed by atoms with van der Waals surface area (Å²) in [7, 11) is 4.07. The molecule has 0 saturated heterocycles. The maximum absolute atomic E-state index is 4.98. The van der Waals surface area contributed by atoms with Gasteiger partial charge in [-0.3, -0.25) is 4.68 Å². The lowest BCUT2D eigenvalue weighted by Crippen LogP contribution is -1.97. The Morgan fingerprint density at radius 1 is 0.679 bits per heavy atom. The molecule has 3 aromatic carbocycles. The highest BCUT2D eigenvalue weighted by Gasteiger charge is 2.24. The lowest BCUT2D eigenvalue weighted by atomic mass is 10.0. The van der Waals surface area contributed by atoms with Gasteiger partial charge in [-0.2, -0.15) is 5.10 Å². The van der Waals surface area contributed by atoms with Crippen molar-refractivity contribution in [2.24, 2.45) is 14.1 Å². The number of para-hydroxylation sites is 2. The summed E-state index contributed by atoms with van der Waals surface area (Å²) in [5.74, 6) is 0.923. The van der Waals surface area contributed by atoms with Gasteiger partial charge < -0.3 is 4.57 Å². The van der Waals surface area contributed by atoms with Crippen molar-refractivity contribution in [2.45, 2.75) is 0 Å². The van der Waals surface area contributed by atoms with Gasteiger partial charge in [-0.1, -0.05) is 72.8 Å². The van der Waals surface area contributed by atoms with Crippen molar-refractivity contribution in [2.75, 3.05) is 0 Å². The summed E-state index contributed by atoms with van der Waals surface area (Å²) < 4.78 is 4.12. The van der Waals surface area contributed by atoms with Crippen LogP contribution in [0.5, 0.6) is 0 Å². The zero-order chi connectivity index (χ0) is 19.1. The largest absolute Gasteiger partial charge is 0.327 e. The third kappa shape index (κ3) is 2.54. The van der Waals surface area contributed by atoms with E-state index < -0.39 is 0 Å². The summed E-state index contributed by atoms with van der Waals surface area (Å²) in [6, 6.07) is 29.0. The lowest BCUT2D eigenvalue weighted by Gasteiger charge is -2.08. The molecule has 0 saturated carbocycles. The highest BCUT2D eigenvalue weighted by molar-refractivity contribution is 5.92. The molecule has 0 radical (unpaired) electrons. The molecule has 2 aromatic heterocycles. The predicted octanol–water partition coefficient (Wildman–Crippen LogP) is 5.31. The summed E-state index contributed by atoms with van der Waals surface area (Å²) in [6.45, 7) is 0. The van der Waals surface area contributed by atoms with Gasteiger partial charge in [0.1, 0.15) is 11.5 Å². The second kappa shape index (κ2) is 6.50. The Morgan fingerprint density at radius 2 is 1.29 bits per heavy atom. The monoisotopic (exact) mass is 364 g/mol. The number of nitrogens with zero attached hydrogens (tertiary/aromatic N) is 4. The molecule has 5 rings (SSSR count). The molecule has 5 aromatic rings. The predicted molar refractivity (Wildman–Crippen MR) is 114 cm³/mol. The van der Waals surface area contributed by atoms with Crippen LogP contribution in [0.4, 0.5) is 0 Å². The van der Waals surface area contributed by atoms with Crippen LogP contribution in [-0.2, 0) is 14.1 Å². The number of rotatable bonds is 3. The number of hydrogen-bond donors (Lipinski definition) is 0. The smallest absolute Gasteiger partial charge is 0.145 e. The van der Waals surface area contributed by atoms with Gasteiger partial charge in [-0.25, -0.2) is 4.98 Å². The Labute approximate surface area is 163 Å². The number of hydrogen-bond acceptors (Lipinski definition) is 2. The second-order valence-corrected chi connectivity index (χ2v) is 6.91. The number of aryl methyl sites for hydroxylation is 2. The molecule has 0 fully saturated rings. The number of benzene rings is 3. The maximum Gasteiger partial charge on any atom is 0.145 e. The molecule has 0 spiro atoms. The Hall–Kier alpha value is -3.66. The van der Waals surface area contributed by atoms with Crippen LogP contribution in [0, 0.1) is 0 Å². The molecule has 0 aliphatic rings. The molecule has 0 amide bonds.